The van der Waals surface area contributed by atoms with E-state index < -0.39 is 0 Å². The minimum Gasteiger partial charge on any atom is -0.385 e. The normalized spacial score (nSPS) is 11.1. The monoisotopic (exact) mass is 301 g/mol. The predicted octanol–water partition coefficient (Wildman–Crippen LogP) is 3.65. The Morgan fingerprint density at radius 2 is 2.00 bits per heavy atom. The maximum absolute atomic E-state index is 5.98. The number of ether oxygens (including phenoxy) is 1. The molecule has 0 fully saturated rings. The van der Waals surface area contributed by atoms with Crippen molar-refractivity contribution in [3.8, 4) is 5.69 Å². The Balaban J connectivity index is 2.08. The van der Waals surface area contributed by atoms with Crippen LogP contribution in [0.15, 0.2) is 42.6 Å². The molecule has 0 atom stereocenters. The highest BCUT2D eigenvalue weighted by Gasteiger charge is 2.12. The van der Waals surface area contributed by atoms with E-state index in [1.807, 2.05) is 36.4 Å². The second-order valence-corrected chi connectivity index (χ2v) is 5.22. The van der Waals surface area contributed by atoms with Crippen LogP contribution in [0.25, 0.3) is 16.9 Å². The summed E-state index contributed by atoms with van der Waals surface area (Å²) in [6, 6.07) is 11.6. The summed E-state index contributed by atoms with van der Waals surface area (Å²) in [6.07, 6.45) is 3.55. The van der Waals surface area contributed by atoms with Crippen LogP contribution in [0.2, 0.25) is 5.02 Å². The third kappa shape index (κ3) is 2.91. The minimum absolute atomic E-state index is 0.719. The lowest BCUT2D eigenvalue weighted by atomic mass is 10.2. The summed E-state index contributed by atoms with van der Waals surface area (Å²) in [6.45, 7) is 0.719. The van der Waals surface area contributed by atoms with Crippen molar-refractivity contribution in [1.29, 1.82) is 0 Å². The van der Waals surface area contributed by atoms with Crippen LogP contribution in [0.5, 0.6) is 0 Å². The molecular weight excluding hydrogens is 286 g/mol. The quantitative estimate of drug-likeness (QED) is 0.675. The second kappa shape index (κ2) is 6.24. The van der Waals surface area contributed by atoms with Crippen molar-refractivity contribution >= 4 is 22.8 Å². The van der Waals surface area contributed by atoms with Crippen LogP contribution >= 0.6 is 11.6 Å². The van der Waals surface area contributed by atoms with E-state index >= 15 is 0 Å². The lowest BCUT2D eigenvalue weighted by Gasteiger charge is -2.08. The molecule has 0 amide bonds. The molecule has 5 heteroatoms. The number of aryl methyl sites for hydroxylation is 1. The second-order valence-electron chi connectivity index (χ2n) is 4.78. The lowest BCUT2D eigenvalue weighted by Crippen LogP contribution is -2.03. The summed E-state index contributed by atoms with van der Waals surface area (Å²) in [5.41, 5.74) is 2.79. The van der Waals surface area contributed by atoms with E-state index in [1.165, 1.54) is 0 Å². The Hall–Kier alpha value is -1.91. The Bertz CT molecular complexity index is 737. The van der Waals surface area contributed by atoms with Gasteiger partial charge < -0.3 is 4.74 Å². The van der Waals surface area contributed by atoms with E-state index in [4.69, 9.17) is 21.3 Å². The van der Waals surface area contributed by atoms with Gasteiger partial charge in [-0.15, -0.1) is 0 Å². The Morgan fingerprint density at radius 3 is 2.76 bits per heavy atom. The van der Waals surface area contributed by atoms with Crippen LogP contribution in [0.1, 0.15) is 12.2 Å². The van der Waals surface area contributed by atoms with E-state index in [9.17, 15) is 0 Å². The molecule has 1 aromatic carbocycles. The van der Waals surface area contributed by atoms with Crippen molar-refractivity contribution in [2.24, 2.45) is 0 Å². The van der Waals surface area contributed by atoms with E-state index in [-0.39, 0.29) is 0 Å². The van der Waals surface area contributed by atoms with Crippen molar-refractivity contribution in [2.45, 2.75) is 12.8 Å². The van der Waals surface area contributed by atoms with Gasteiger partial charge in [0.05, 0.1) is 0 Å². The molecule has 0 saturated heterocycles. The highest BCUT2D eigenvalue weighted by Crippen LogP contribution is 2.22. The lowest BCUT2D eigenvalue weighted by molar-refractivity contribution is 0.194. The number of pyridine rings is 1. The largest absolute Gasteiger partial charge is 0.385 e. The van der Waals surface area contributed by atoms with Crippen molar-refractivity contribution < 1.29 is 4.74 Å². The molecule has 0 spiro atoms. The van der Waals surface area contributed by atoms with Crippen LogP contribution in [0.4, 0.5) is 0 Å². The molecule has 0 aliphatic rings. The molecule has 0 bridgehead atoms. The molecule has 2 aromatic heterocycles. The average Bonchev–Trinajstić information content (AvgIpc) is 2.87. The van der Waals surface area contributed by atoms with E-state index in [0.29, 0.717) is 0 Å². The van der Waals surface area contributed by atoms with Crippen molar-refractivity contribution in [3.05, 3.63) is 53.4 Å². The van der Waals surface area contributed by atoms with Gasteiger partial charge in [0.25, 0.3) is 0 Å². The number of rotatable bonds is 5. The summed E-state index contributed by atoms with van der Waals surface area (Å²) in [4.78, 5) is 9.16. The molecule has 0 radical (unpaired) electrons. The Labute approximate surface area is 128 Å². The molecule has 21 heavy (non-hydrogen) atoms. The van der Waals surface area contributed by atoms with Crippen LogP contribution < -0.4 is 0 Å². The Kier molecular flexibility index (Phi) is 4.18. The van der Waals surface area contributed by atoms with Gasteiger partial charge in [0.2, 0.25) is 0 Å². The highest BCUT2D eigenvalue weighted by molar-refractivity contribution is 6.30. The first kappa shape index (κ1) is 14.0. The average molecular weight is 302 g/mol. The number of aromatic nitrogens is 3. The number of halogens is 1. The zero-order valence-electron chi connectivity index (χ0n) is 11.8. The van der Waals surface area contributed by atoms with Crippen LogP contribution in [-0.4, -0.2) is 28.3 Å². The van der Waals surface area contributed by atoms with Crippen LogP contribution in [0.3, 0.4) is 0 Å². The molecule has 0 unspecified atom stereocenters. The zero-order valence-corrected chi connectivity index (χ0v) is 12.5. The molecule has 0 N–H and O–H groups in total. The summed E-state index contributed by atoms with van der Waals surface area (Å²) in [5, 5.41) is 0.720. The molecule has 2 heterocycles. The van der Waals surface area contributed by atoms with Gasteiger partial charge in [-0.1, -0.05) is 11.6 Å². The fourth-order valence-corrected chi connectivity index (χ4v) is 2.49. The van der Waals surface area contributed by atoms with E-state index in [2.05, 4.69) is 9.55 Å². The van der Waals surface area contributed by atoms with E-state index in [1.54, 1.807) is 13.3 Å². The first-order chi connectivity index (χ1) is 10.3. The molecular formula is C16H16ClN3O. The summed E-state index contributed by atoms with van der Waals surface area (Å²) >= 11 is 5.98. The van der Waals surface area contributed by atoms with Crippen molar-refractivity contribution in [2.75, 3.05) is 13.7 Å². The van der Waals surface area contributed by atoms with Gasteiger partial charge in [0.15, 0.2) is 5.65 Å². The van der Waals surface area contributed by atoms with Gasteiger partial charge in [-0.25, -0.2) is 9.97 Å². The van der Waals surface area contributed by atoms with Gasteiger partial charge in [-0.2, -0.15) is 0 Å². The fourth-order valence-electron chi connectivity index (χ4n) is 2.36. The molecule has 4 nitrogen and oxygen atoms in total. The molecule has 3 aromatic rings. The highest BCUT2D eigenvalue weighted by atomic mass is 35.5. The number of benzene rings is 1. The van der Waals surface area contributed by atoms with Gasteiger partial charge in [-0.05, 0) is 42.8 Å². The first-order valence-corrected chi connectivity index (χ1v) is 7.24. The van der Waals surface area contributed by atoms with Crippen molar-refractivity contribution in [3.63, 3.8) is 0 Å². The van der Waals surface area contributed by atoms with Gasteiger partial charge in [0.1, 0.15) is 11.3 Å². The summed E-state index contributed by atoms with van der Waals surface area (Å²) in [7, 11) is 1.71. The number of imidazole rings is 1. The maximum Gasteiger partial charge on any atom is 0.164 e. The molecule has 0 saturated carbocycles. The number of hydrogen-bond acceptors (Lipinski definition) is 3. The number of methoxy groups -OCH3 is 1. The van der Waals surface area contributed by atoms with Crippen molar-refractivity contribution in [1.82, 2.24) is 14.5 Å². The molecule has 0 aliphatic carbocycles. The summed E-state index contributed by atoms with van der Waals surface area (Å²) in [5.74, 6) is 0.989. The summed E-state index contributed by atoms with van der Waals surface area (Å²) < 4.78 is 7.21. The van der Waals surface area contributed by atoms with Crippen LogP contribution in [0, 0.1) is 0 Å². The SMILES string of the molecule is COCCCc1nc2cccnc2n1-c1ccc(Cl)cc1. The maximum atomic E-state index is 5.98. The zero-order chi connectivity index (χ0) is 14.7. The number of hydrogen-bond donors (Lipinski definition) is 0. The number of nitrogens with zero attached hydrogens (tertiary/aromatic N) is 3. The smallest absolute Gasteiger partial charge is 0.164 e. The van der Waals surface area contributed by atoms with Crippen LogP contribution in [-0.2, 0) is 11.2 Å². The predicted molar refractivity (Wildman–Crippen MR) is 84.1 cm³/mol. The topological polar surface area (TPSA) is 39.9 Å². The number of fused-ring (bicyclic) bond motifs is 1. The van der Waals surface area contributed by atoms with Gasteiger partial charge in [-0.3, -0.25) is 4.57 Å². The third-order valence-corrected chi connectivity index (χ3v) is 3.57. The van der Waals surface area contributed by atoms with E-state index in [0.717, 1.165) is 47.1 Å². The first-order valence-electron chi connectivity index (χ1n) is 6.87. The fraction of sp³-hybridized carbons (Fsp3) is 0.250. The Morgan fingerprint density at radius 1 is 1.19 bits per heavy atom. The molecule has 0 aliphatic heterocycles. The molecule has 108 valence electrons. The van der Waals surface area contributed by atoms with Gasteiger partial charge in [0, 0.05) is 37.0 Å². The standard InChI is InChI=1S/C16H16ClN3O/c1-21-11-3-5-15-19-14-4-2-10-18-16(14)20(15)13-8-6-12(17)7-9-13/h2,4,6-10H,3,5,11H2,1H3. The molecule has 3 rings (SSSR count). The van der Waals surface area contributed by atoms with Gasteiger partial charge >= 0.3 is 0 Å². The minimum atomic E-state index is 0.719. The third-order valence-electron chi connectivity index (χ3n) is 3.32.